The summed E-state index contributed by atoms with van der Waals surface area (Å²) in [6.07, 6.45) is 3.21. The van der Waals surface area contributed by atoms with Crippen LogP contribution in [0.5, 0.6) is 11.6 Å². The summed E-state index contributed by atoms with van der Waals surface area (Å²) in [6.45, 7) is 0. The van der Waals surface area contributed by atoms with Crippen LogP contribution in [0.25, 0.3) is 11.2 Å². The van der Waals surface area contributed by atoms with E-state index in [1.807, 2.05) is 6.07 Å². The third-order valence-corrected chi connectivity index (χ3v) is 3.22. The minimum absolute atomic E-state index is 0.424. The van der Waals surface area contributed by atoms with E-state index in [0.717, 1.165) is 9.99 Å². The number of rotatable bonds is 2. The molecule has 0 saturated heterocycles. The van der Waals surface area contributed by atoms with Crippen LogP contribution in [0.2, 0.25) is 5.02 Å². The highest BCUT2D eigenvalue weighted by Gasteiger charge is 2.06. The summed E-state index contributed by atoms with van der Waals surface area (Å²) in [5, 5.41) is 0.518. The van der Waals surface area contributed by atoms with E-state index in [2.05, 4.69) is 30.9 Å². The molecule has 0 aliphatic carbocycles. The van der Waals surface area contributed by atoms with Crippen LogP contribution in [-0.2, 0) is 0 Å². The van der Waals surface area contributed by atoms with Crippen molar-refractivity contribution in [1.29, 1.82) is 0 Å². The van der Waals surface area contributed by atoms with Crippen molar-refractivity contribution in [3.8, 4) is 11.6 Å². The Balaban J connectivity index is 1.98. The highest BCUT2D eigenvalue weighted by Crippen LogP contribution is 2.31. The second-order valence-electron chi connectivity index (χ2n) is 3.73. The Hall–Kier alpha value is -1.72. The van der Waals surface area contributed by atoms with Crippen LogP contribution in [0.4, 0.5) is 0 Å². The molecule has 0 spiro atoms. The molecule has 0 aliphatic rings. The average molecular weight is 337 g/mol. The summed E-state index contributed by atoms with van der Waals surface area (Å²) in [5.41, 5.74) is 1.25. The summed E-state index contributed by atoms with van der Waals surface area (Å²) in [6, 6.07) is 8.91. The Kier molecular flexibility index (Phi) is 3.31. The molecule has 2 heterocycles. The Morgan fingerprint density at radius 3 is 2.79 bits per heavy atom. The third-order valence-electron chi connectivity index (χ3n) is 2.41. The lowest BCUT2D eigenvalue weighted by molar-refractivity contribution is 0.464. The zero-order valence-electron chi connectivity index (χ0n) is 9.55. The summed E-state index contributed by atoms with van der Waals surface area (Å²) >= 11 is 9.43. The van der Waals surface area contributed by atoms with Crippen molar-refractivity contribution < 1.29 is 4.74 Å². The van der Waals surface area contributed by atoms with Crippen LogP contribution in [0.3, 0.4) is 0 Å². The van der Waals surface area contributed by atoms with Crippen molar-refractivity contribution in [3.63, 3.8) is 0 Å². The molecule has 0 atom stereocenters. The van der Waals surface area contributed by atoms with E-state index in [1.165, 1.54) is 0 Å². The zero-order valence-corrected chi connectivity index (χ0v) is 11.9. The summed E-state index contributed by atoms with van der Waals surface area (Å²) < 4.78 is 6.54. The summed E-state index contributed by atoms with van der Waals surface area (Å²) in [4.78, 5) is 12.5. The zero-order chi connectivity index (χ0) is 13.2. The molecule has 6 heteroatoms. The van der Waals surface area contributed by atoms with Crippen LogP contribution in [0, 0.1) is 0 Å². The first-order chi connectivity index (χ1) is 9.22. The average Bonchev–Trinajstić information content (AvgIpc) is 2.43. The topological polar surface area (TPSA) is 47.9 Å². The normalized spacial score (nSPS) is 10.6. The van der Waals surface area contributed by atoms with Gasteiger partial charge in [0, 0.05) is 22.9 Å². The van der Waals surface area contributed by atoms with Gasteiger partial charge in [-0.2, -0.15) is 4.98 Å². The van der Waals surface area contributed by atoms with Crippen LogP contribution in [0.15, 0.2) is 47.2 Å². The van der Waals surface area contributed by atoms with Gasteiger partial charge < -0.3 is 4.74 Å². The van der Waals surface area contributed by atoms with E-state index in [4.69, 9.17) is 16.3 Å². The number of fused-ring (bicyclic) bond motifs is 1. The Morgan fingerprint density at radius 1 is 1.05 bits per heavy atom. The molecule has 3 rings (SSSR count). The van der Waals surface area contributed by atoms with E-state index < -0.39 is 0 Å². The third kappa shape index (κ3) is 2.67. The first kappa shape index (κ1) is 12.3. The fourth-order valence-electron chi connectivity index (χ4n) is 1.56. The molecule has 4 nitrogen and oxygen atoms in total. The van der Waals surface area contributed by atoms with Crippen LogP contribution >= 0.6 is 27.5 Å². The molecule has 0 saturated carbocycles. The van der Waals surface area contributed by atoms with Crippen LogP contribution < -0.4 is 4.74 Å². The van der Waals surface area contributed by atoms with Crippen molar-refractivity contribution >= 4 is 38.7 Å². The van der Waals surface area contributed by atoms with Crippen LogP contribution in [-0.4, -0.2) is 15.0 Å². The number of ether oxygens (including phenoxy) is 1. The molecule has 0 amide bonds. The van der Waals surface area contributed by atoms with Gasteiger partial charge in [-0.25, -0.2) is 4.98 Å². The summed E-state index contributed by atoms with van der Waals surface area (Å²) in [5.74, 6) is 0.958. The maximum Gasteiger partial charge on any atom is 0.221 e. The number of pyridine rings is 1. The lowest BCUT2D eigenvalue weighted by atomic mass is 10.3. The molecule has 0 unspecified atom stereocenters. The largest absolute Gasteiger partial charge is 0.437 e. The van der Waals surface area contributed by atoms with Gasteiger partial charge in [0.1, 0.15) is 11.3 Å². The molecule has 1 aromatic carbocycles. The number of nitrogens with zero attached hydrogens (tertiary/aromatic N) is 3. The van der Waals surface area contributed by atoms with Gasteiger partial charge in [0.15, 0.2) is 5.65 Å². The minimum atomic E-state index is 0.424. The molecule has 94 valence electrons. The van der Waals surface area contributed by atoms with Crippen molar-refractivity contribution in [3.05, 3.63) is 52.2 Å². The predicted molar refractivity (Wildman–Crippen MR) is 76.6 cm³/mol. The molecular weight excluding hydrogens is 330 g/mol. The summed E-state index contributed by atoms with van der Waals surface area (Å²) in [7, 11) is 0. The van der Waals surface area contributed by atoms with Gasteiger partial charge in [0.2, 0.25) is 5.88 Å². The number of hydrogen-bond donors (Lipinski definition) is 0. The molecule has 19 heavy (non-hydrogen) atoms. The van der Waals surface area contributed by atoms with E-state index >= 15 is 0 Å². The van der Waals surface area contributed by atoms with Crippen molar-refractivity contribution in [1.82, 2.24) is 15.0 Å². The monoisotopic (exact) mass is 335 g/mol. The second kappa shape index (κ2) is 5.11. The number of aromatic nitrogens is 3. The fourth-order valence-corrected chi connectivity index (χ4v) is 2.06. The molecule has 0 aliphatic heterocycles. The van der Waals surface area contributed by atoms with Gasteiger partial charge in [0.25, 0.3) is 0 Å². The molecule has 0 N–H and O–H groups in total. The number of hydrogen-bond acceptors (Lipinski definition) is 4. The Labute approximate surface area is 122 Å². The van der Waals surface area contributed by atoms with Gasteiger partial charge in [-0.1, -0.05) is 27.5 Å². The van der Waals surface area contributed by atoms with E-state index in [-0.39, 0.29) is 0 Å². The highest BCUT2D eigenvalue weighted by atomic mass is 79.9. The highest BCUT2D eigenvalue weighted by molar-refractivity contribution is 9.10. The van der Waals surface area contributed by atoms with Gasteiger partial charge in [-0.15, -0.1) is 0 Å². The van der Waals surface area contributed by atoms with E-state index in [1.54, 1.807) is 36.7 Å². The lowest BCUT2D eigenvalue weighted by Gasteiger charge is -2.07. The molecule has 0 fully saturated rings. The van der Waals surface area contributed by atoms with E-state index in [9.17, 15) is 0 Å². The van der Waals surface area contributed by atoms with Gasteiger partial charge in [0.05, 0.1) is 5.02 Å². The minimum Gasteiger partial charge on any atom is -0.437 e. The Bertz CT molecular complexity index is 751. The van der Waals surface area contributed by atoms with Gasteiger partial charge in [-0.05, 0) is 24.3 Å². The first-order valence-electron chi connectivity index (χ1n) is 5.43. The Morgan fingerprint density at radius 2 is 1.89 bits per heavy atom. The smallest absolute Gasteiger partial charge is 0.221 e. The van der Waals surface area contributed by atoms with Gasteiger partial charge in [-0.3, -0.25) is 4.98 Å². The van der Waals surface area contributed by atoms with Crippen LogP contribution in [0.1, 0.15) is 0 Å². The van der Waals surface area contributed by atoms with Crippen molar-refractivity contribution in [2.45, 2.75) is 0 Å². The fraction of sp³-hybridized carbons (Fsp3) is 0. The second-order valence-corrected chi connectivity index (χ2v) is 5.05. The molecule has 2 aromatic heterocycles. The number of benzene rings is 1. The SMILES string of the molecule is Clc1ccc(Br)cc1Oc1ccc2nccnc2n1. The van der Waals surface area contributed by atoms with Gasteiger partial charge >= 0.3 is 0 Å². The first-order valence-corrected chi connectivity index (χ1v) is 6.60. The van der Waals surface area contributed by atoms with E-state index in [0.29, 0.717) is 22.3 Å². The lowest BCUT2D eigenvalue weighted by Crippen LogP contribution is -1.92. The standard InChI is InChI=1S/C13H7BrClN3O/c14-8-1-2-9(15)11(7-8)19-12-4-3-10-13(18-12)17-6-5-16-10/h1-7H. The van der Waals surface area contributed by atoms with Crippen molar-refractivity contribution in [2.75, 3.05) is 0 Å². The maximum atomic E-state index is 6.06. The maximum absolute atomic E-state index is 6.06. The molecule has 0 bridgehead atoms. The quantitative estimate of drug-likeness (QED) is 0.702. The molecular formula is C13H7BrClN3O. The molecule has 0 radical (unpaired) electrons. The number of halogens is 2. The molecule has 3 aromatic rings. The predicted octanol–water partition coefficient (Wildman–Crippen LogP) is 4.23. The van der Waals surface area contributed by atoms with Crippen molar-refractivity contribution in [2.24, 2.45) is 0 Å².